The van der Waals surface area contributed by atoms with Crippen LogP contribution in [0.4, 0.5) is 0 Å². The summed E-state index contributed by atoms with van der Waals surface area (Å²) in [5.41, 5.74) is 0.0138. The zero-order valence-electron chi connectivity index (χ0n) is 16.8. The van der Waals surface area contributed by atoms with E-state index in [4.69, 9.17) is 18.9 Å². The highest BCUT2D eigenvalue weighted by Gasteiger charge is 2.69. The molecule has 5 aliphatic rings. The van der Waals surface area contributed by atoms with E-state index in [0.29, 0.717) is 37.4 Å². The van der Waals surface area contributed by atoms with Gasteiger partial charge in [0, 0.05) is 30.1 Å². The van der Waals surface area contributed by atoms with Crippen molar-refractivity contribution in [2.75, 3.05) is 26.4 Å². The summed E-state index contributed by atoms with van der Waals surface area (Å²) in [6, 6.07) is 0. The quantitative estimate of drug-likeness (QED) is 0.701. The molecule has 5 nitrogen and oxygen atoms in total. The van der Waals surface area contributed by atoms with Crippen molar-refractivity contribution in [3.63, 3.8) is 0 Å². The lowest BCUT2D eigenvalue weighted by atomic mass is 9.47. The molecule has 0 aromatic rings. The van der Waals surface area contributed by atoms with Crippen LogP contribution in [0.25, 0.3) is 0 Å². The number of ether oxygens (including phenoxy) is 4. The summed E-state index contributed by atoms with van der Waals surface area (Å²) in [6.07, 6.45) is 9.11. The Morgan fingerprint density at radius 3 is 2.07 bits per heavy atom. The minimum atomic E-state index is -0.485. The molecule has 3 saturated carbocycles. The second kappa shape index (κ2) is 6.25. The summed E-state index contributed by atoms with van der Waals surface area (Å²) in [5, 5.41) is 0. The third-order valence-electron chi connectivity index (χ3n) is 9.27. The van der Waals surface area contributed by atoms with Crippen LogP contribution in [-0.2, 0) is 23.7 Å². The van der Waals surface area contributed by atoms with Gasteiger partial charge < -0.3 is 23.7 Å². The van der Waals surface area contributed by atoms with E-state index < -0.39 is 5.79 Å². The van der Waals surface area contributed by atoms with Crippen LogP contribution in [0.3, 0.4) is 0 Å². The van der Waals surface area contributed by atoms with Crippen LogP contribution < -0.4 is 0 Å². The average molecular weight is 379 g/mol. The molecule has 5 heteroatoms. The van der Waals surface area contributed by atoms with Crippen LogP contribution in [0.1, 0.15) is 65.2 Å². The summed E-state index contributed by atoms with van der Waals surface area (Å²) < 4.78 is 25.1. The maximum Gasteiger partial charge on any atom is 0.174 e. The molecule has 0 radical (unpaired) electrons. The van der Waals surface area contributed by atoms with Gasteiger partial charge in [-0.2, -0.15) is 0 Å². The minimum Gasteiger partial charge on any atom is -0.347 e. The molecule has 27 heavy (non-hydrogen) atoms. The van der Waals surface area contributed by atoms with Gasteiger partial charge in [0.05, 0.1) is 26.4 Å². The number of carbonyl (C=O) groups is 1. The molecule has 1 unspecified atom stereocenters. The second-order valence-corrected chi connectivity index (χ2v) is 9.93. The molecule has 0 bridgehead atoms. The van der Waals surface area contributed by atoms with Gasteiger partial charge in [-0.15, -0.1) is 0 Å². The van der Waals surface area contributed by atoms with Gasteiger partial charge in [-0.3, -0.25) is 0 Å². The molecule has 5 fully saturated rings. The van der Waals surface area contributed by atoms with E-state index in [-0.39, 0.29) is 16.6 Å². The molecule has 2 spiro atoms. The Morgan fingerprint density at radius 1 is 0.815 bits per heavy atom. The molecule has 0 amide bonds. The number of carbonyl (C=O) groups excluding carboxylic acids is 1. The van der Waals surface area contributed by atoms with Gasteiger partial charge in [0.25, 0.3) is 0 Å². The predicted octanol–water partition coefficient (Wildman–Crippen LogP) is 3.69. The second-order valence-electron chi connectivity index (χ2n) is 9.93. The van der Waals surface area contributed by atoms with Crippen LogP contribution in [-0.4, -0.2) is 44.3 Å². The van der Waals surface area contributed by atoms with Crippen molar-refractivity contribution >= 4 is 6.29 Å². The Kier molecular flexibility index (Phi) is 4.29. The molecule has 3 aliphatic carbocycles. The van der Waals surface area contributed by atoms with Crippen molar-refractivity contribution in [1.82, 2.24) is 0 Å². The van der Waals surface area contributed by atoms with Crippen LogP contribution in [0, 0.1) is 28.6 Å². The van der Waals surface area contributed by atoms with Gasteiger partial charge in [0.2, 0.25) is 0 Å². The molecule has 2 heterocycles. The number of rotatable bonds is 3. The normalized spacial score (nSPS) is 47.3. The van der Waals surface area contributed by atoms with Crippen molar-refractivity contribution in [3.05, 3.63) is 0 Å². The Balaban J connectivity index is 1.48. The fourth-order valence-electron chi connectivity index (χ4n) is 7.95. The number of hydrogen-bond donors (Lipinski definition) is 0. The lowest BCUT2D eigenvalue weighted by Crippen LogP contribution is -2.62. The summed E-state index contributed by atoms with van der Waals surface area (Å²) in [5.74, 6) is 0.979. The van der Waals surface area contributed by atoms with Gasteiger partial charge >= 0.3 is 0 Å². The highest BCUT2D eigenvalue weighted by atomic mass is 16.7. The molecule has 5 atom stereocenters. The lowest BCUT2D eigenvalue weighted by molar-refractivity contribution is -0.302. The van der Waals surface area contributed by atoms with Gasteiger partial charge in [-0.05, 0) is 49.9 Å². The van der Waals surface area contributed by atoms with Crippen molar-refractivity contribution in [2.45, 2.75) is 76.8 Å². The highest BCUT2D eigenvalue weighted by molar-refractivity contribution is 5.49. The highest BCUT2D eigenvalue weighted by Crippen LogP contribution is 2.69. The predicted molar refractivity (Wildman–Crippen MR) is 99.0 cm³/mol. The molecule has 0 aromatic heterocycles. The van der Waals surface area contributed by atoms with Crippen molar-refractivity contribution in [2.24, 2.45) is 28.6 Å². The average Bonchev–Trinajstić information content (AvgIpc) is 3.39. The monoisotopic (exact) mass is 378 g/mol. The molecule has 0 N–H and O–H groups in total. The maximum atomic E-state index is 11.2. The first kappa shape index (κ1) is 18.5. The van der Waals surface area contributed by atoms with E-state index in [1.165, 1.54) is 6.42 Å². The first-order valence-corrected chi connectivity index (χ1v) is 11.0. The summed E-state index contributed by atoms with van der Waals surface area (Å²) in [4.78, 5) is 11.2. The fraction of sp³-hybridized carbons (Fsp3) is 0.955. The Morgan fingerprint density at radius 2 is 1.41 bits per heavy atom. The van der Waals surface area contributed by atoms with E-state index in [1.54, 1.807) is 0 Å². The van der Waals surface area contributed by atoms with Crippen LogP contribution >= 0.6 is 0 Å². The van der Waals surface area contributed by atoms with Crippen molar-refractivity contribution in [3.8, 4) is 0 Å². The molecule has 0 aromatic carbocycles. The Labute approximate surface area is 162 Å². The largest absolute Gasteiger partial charge is 0.347 e. The number of hydrogen-bond acceptors (Lipinski definition) is 5. The maximum absolute atomic E-state index is 11.2. The summed E-state index contributed by atoms with van der Waals surface area (Å²) in [6.45, 7) is 7.59. The summed E-state index contributed by atoms with van der Waals surface area (Å²) in [7, 11) is 0. The fourth-order valence-corrected chi connectivity index (χ4v) is 7.95. The third-order valence-corrected chi connectivity index (χ3v) is 9.27. The molecule has 152 valence electrons. The van der Waals surface area contributed by atoms with Crippen LogP contribution in [0.15, 0.2) is 0 Å². The smallest absolute Gasteiger partial charge is 0.174 e. The van der Waals surface area contributed by atoms with Gasteiger partial charge in [-0.25, -0.2) is 0 Å². The molecular formula is C22H34O5. The minimum absolute atomic E-state index is 0.0954. The third kappa shape index (κ3) is 2.29. The van der Waals surface area contributed by atoms with E-state index >= 15 is 0 Å². The Hall–Kier alpha value is -0.490. The zero-order chi connectivity index (χ0) is 18.8. The Bertz CT molecular complexity index is 594. The number of aldehydes is 1. The van der Waals surface area contributed by atoms with E-state index in [1.807, 2.05) is 0 Å². The van der Waals surface area contributed by atoms with Gasteiger partial charge in [-0.1, -0.05) is 13.8 Å². The molecular weight excluding hydrogens is 344 g/mol. The van der Waals surface area contributed by atoms with E-state index in [0.717, 1.165) is 58.0 Å². The van der Waals surface area contributed by atoms with Crippen LogP contribution in [0.2, 0.25) is 0 Å². The molecule has 2 aliphatic heterocycles. The molecule has 2 saturated heterocycles. The van der Waals surface area contributed by atoms with Gasteiger partial charge in [0.15, 0.2) is 11.6 Å². The first-order valence-electron chi connectivity index (χ1n) is 11.0. The van der Waals surface area contributed by atoms with Crippen molar-refractivity contribution < 1.29 is 23.7 Å². The van der Waals surface area contributed by atoms with E-state index in [9.17, 15) is 4.79 Å². The first-order chi connectivity index (χ1) is 13.0. The zero-order valence-corrected chi connectivity index (χ0v) is 16.8. The summed E-state index contributed by atoms with van der Waals surface area (Å²) >= 11 is 0. The number of fused-ring (bicyclic) bond motifs is 4. The van der Waals surface area contributed by atoms with E-state index in [2.05, 4.69) is 13.8 Å². The van der Waals surface area contributed by atoms with Crippen molar-refractivity contribution in [1.29, 1.82) is 0 Å². The van der Waals surface area contributed by atoms with Crippen LogP contribution in [0.5, 0.6) is 0 Å². The van der Waals surface area contributed by atoms with Gasteiger partial charge in [0.1, 0.15) is 6.29 Å². The standard InChI is InChI=1S/C22H34O5/c1-19(7-3-11-23)17-5-8-20(2)18(6-10-22(20)26-14-15-27-22)16(17)4-9-21(19)24-12-13-25-21/h11,16-18H,3-10,12-15H2,1-2H3/t16?,17-,18-,19+,20-/m0/s1. The topological polar surface area (TPSA) is 54.0 Å². The lowest BCUT2D eigenvalue weighted by Gasteiger charge is -2.61. The SMILES string of the molecule is C[C@]12CC[C@H]3C(CCC4(OCCO4)[C@]3(C)CCC=O)[C@@H]1CCC21OCCO1. The molecule has 5 rings (SSSR count).